The number of H-pyrrole nitrogens is 1. The quantitative estimate of drug-likeness (QED) is 0.749. The Labute approximate surface area is 161 Å². The van der Waals surface area contributed by atoms with Gasteiger partial charge in [0.1, 0.15) is 6.61 Å². The van der Waals surface area contributed by atoms with Crippen molar-refractivity contribution in [3.8, 4) is 11.1 Å². The summed E-state index contributed by atoms with van der Waals surface area (Å²) in [4.78, 5) is 25.7. The summed E-state index contributed by atoms with van der Waals surface area (Å²) in [5.41, 5.74) is 6.21. The molecule has 0 fully saturated rings. The Hall–Kier alpha value is -3.41. The number of carbonyl (C=O) groups is 1. The fourth-order valence-corrected chi connectivity index (χ4v) is 4.18. The third kappa shape index (κ3) is 2.78. The zero-order valence-electron chi connectivity index (χ0n) is 15.2. The van der Waals surface area contributed by atoms with Crippen LogP contribution >= 0.6 is 0 Å². The molecule has 6 nitrogen and oxygen atoms in total. The maximum Gasteiger partial charge on any atom is 0.410 e. The Kier molecular flexibility index (Phi) is 3.97. The van der Waals surface area contributed by atoms with E-state index >= 15 is 0 Å². The standard InChI is InChI=1S/C22H19N3O3/c26-21-11-14-9-10-25(12-20(14)23-24-21)22(27)28-13-19-17-7-3-1-5-15(17)16-6-2-4-8-18(16)19/h1-8,11,19H,9-10,12-13H2,(H,24,26). The summed E-state index contributed by atoms with van der Waals surface area (Å²) in [6, 6.07) is 18.1. The topological polar surface area (TPSA) is 75.3 Å². The second kappa shape index (κ2) is 6.64. The molecule has 0 bridgehead atoms. The van der Waals surface area contributed by atoms with Crippen molar-refractivity contribution in [3.05, 3.63) is 87.3 Å². The predicted octanol–water partition coefficient (Wildman–Crippen LogP) is 3.08. The number of carbonyl (C=O) groups excluding carboxylic acids is 1. The van der Waals surface area contributed by atoms with E-state index in [9.17, 15) is 9.59 Å². The summed E-state index contributed by atoms with van der Waals surface area (Å²) in [7, 11) is 0. The van der Waals surface area contributed by atoms with Gasteiger partial charge in [0.05, 0.1) is 12.2 Å². The Morgan fingerprint density at radius 2 is 1.79 bits per heavy atom. The van der Waals surface area contributed by atoms with Crippen LogP contribution < -0.4 is 5.56 Å². The molecule has 1 aliphatic heterocycles. The molecular formula is C22H19N3O3. The van der Waals surface area contributed by atoms with E-state index in [4.69, 9.17) is 4.74 Å². The summed E-state index contributed by atoms with van der Waals surface area (Å²) in [5, 5.41) is 6.49. The molecule has 1 aromatic heterocycles. The number of hydrogen-bond donors (Lipinski definition) is 1. The lowest BCUT2D eigenvalue weighted by molar-refractivity contribution is 0.0946. The number of aromatic nitrogens is 2. The summed E-state index contributed by atoms with van der Waals surface area (Å²) in [5.74, 6) is 0.0444. The number of benzene rings is 2. The van der Waals surface area contributed by atoms with Crippen LogP contribution in [0.5, 0.6) is 0 Å². The minimum Gasteiger partial charge on any atom is -0.448 e. The summed E-state index contributed by atoms with van der Waals surface area (Å²) in [6.07, 6.45) is 0.261. The second-order valence-corrected chi connectivity index (χ2v) is 7.18. The molecule has 1 N–H and O–H groups in total. The van der Waals surface area contributed by atoms with Crippen LogP contribution in [0.2, 0.25) is 0 Å². The van der Waals surface area contributed by atoms with Crippen LogP contribution in [0.3, 0.4) is 0 Å². The Morgan fingerprint density at radius 3 is 2.50 bits per heavy atom. The maximum atomic E-state index is 12.7. The molecule has 1 aliphatic carbocycles. The van der Waals surface area contributed by atoms with E-state index in [2.05, 4.69) is 34.5 Å². The molecule has 0 saturated carbocycles. The largest absolute Gasteiger partial charge is 0.448 e. The first kappa shape index (κ1) is 16.7. The fraction of sp³-hybridized carbons (Fsp3) is 0.227. The van der Waals surface area contributed by atoms with Crippen molar-refractivity contribution in [2.45, 2.75) is 18.9 Å². The lowest BCUT2D eigenvalue weighted by Crippen LogP contribution is -2.38. The van der Waals surface area contributed by atoms with Crippen LogP contribution in [0.25, 0.3) is 11.1 Å². The highest BCUT2D eigenvalue weighted by Crippen LogP contribution is 2.44. The first-order chi connectivity index (χ1) is 13.7. The molecule has 5 rings (SSSR count). The van der Waals surface area contributed by atoms with E-state index in [0.29, 0.717) is 26.1 Å². The summed E-state index contributed by atoms with van der Waals surface area (Å²) in [6.45, 7) is 1.17. The Balaban J connectivity index is 1.32. The summed E-state index contributed by atoms with van der Waals surface area (Å²) >= 11 is 0. The van der Waals surface area contributed by atoms with E-state index in [0.717, 1.165) is 11.3 Å². The molecule has 0 saturated heterocycles. The minimum atomic E-state index is -0.347. The number of fused-ring (bicyclic) bond motifs is 4. The van der Waals surface area contributed by atoms with Crippen molar-refractivity contribution in [2.24, 2.45) is 0 Å². The van der Waals surface area contributed by atoms with E-state index in [-0.39, 0.29) is 17.6 Å². The number of ether oxygens (including phenoxy) is 1. The van der Waals surface area contributed by atoms with Crippen molar-refractivity contribution in [3.63, 3.8) is 0 Å². The van der Waals surface area contributed by atoms with E-state index in [1.807, 2.05) is 24.3 Å². The Bertz CT molecular complexity index is 1080. The summed E-state index contributed by atoms with van der Waals surface area (Å²) < 4.78 is 5.71. The van der Waals surface area contributed by atoms with Gasteiger partial charge in [-0.2, -0.15) is 5.10 Å². The van der Waals surface area contributed by atoms with Gasteiger partial charge in [-0.25, -0.2) is 9.89 Å². The molecule has 0 radical (unpaired) electrons. The lowest BCUT2D eigenvalue weighted by atomic mass is 9.98. The minimum absolute atomic E-state index is 0.0444. The molecule has 2 heterocycles. The number of nitrogens with zero attached hydrogens (tertiary/aromatic N) is 2. The number of amides is 1. The zero-order chi connectivity index (χ0) is 19.1. The molecule has 1 amide bonds. The molecule has 2 aromatic carbocycles. The van der Waals surface area contributed by atoms with Crippen molar-refractivity contribution >= 4 is 6.09 Å². The highest BCUT2D eigenvalue weighted by Gasteiger charge is 2.30. The molecule has 3 aromatic rings. The number of hydrogen-bond acceptors (Lipinski definition) is 4. The van der Waals surface area contributed by atoms with Gasteiger partial charge in [0.15, 0.2) is 0 Å². The highest BCUT2D eigenvalue weighted by molar-refractivity contribution is 5.79. The smallest absolute Gasteiger partial charge is 0.410 e. The van der Waals surface area contributed by atoms with Gasteiger partial charge in [0, 0.05) is 18.5 Å². The molecule has 0 unspecified atom stereocenters. The van der Waals surface area contributed by atoms with Crippen LogP contribution in [-0.4, -0.2) is 34.3 Å². The predicted molar refractivity (Wildman–Crippen MR) is 104 cm³/mol. The van der Waals surface area contributed by atoms with Gasteiger partial charge in [0.25, 0.3) is 5.56 Å². The lowest BCUT2D eigenvalue weighted by Gasteiger charge is -2.27. The Morgan fingerprint density at radius 1 is 1.11 bits per heavy atom. The van der Waals surface area contributed by atoms with Crippen molar-refractivity contribution in [1.29, 1.82) is 0 Å². The number of nitrogens with one attached hydrogen (secondary N) is 1. The first-order valence-corrected chi connectivity index (χ1v) is 9.38. The van der Waals surface area contributed by atoms with Crippen molar-refractivity contribution < 1.29 is 9.53 Å². The number of aromatic amines is 1. The van der Waals surface area contributed by atoms with Crippen molar-refractivity contribution in [2.75, 3.05) is 13.2 Å². The monoisotopic (exact) mass is 373 g/mol. The maximum absolute atomic E-state index is 12.7. The highest BCUT2D eigenvalue weighted by atomic mass is 16.6. The third-order valence-corrected chi connectivity index (χ3v) is 5.56. The molecule has 6 heteroatoms. The van der Waals surface area contributed by atoms with Gasteiger partial charge in [-0.1, -0.05) is 48.5 Å². The van der Waals surface area contributed by atoms with Crippen LogP contribution in [0, 0.1) is 0 Å². The van der Waals surface area contributed by atoms with Gasteiger partial charge in [-0.05, 0) is 34.2 Å². The van der Waals surface area contributed by atoms with Crippen LogP contribution in [0.4, 0.5) is 4.79 Å². The van der Waals surface area contributed by atoms with Crippen LogP contribution in [-0.2, 0) is 17.7 Å². The SMILES string of the molecule is O=C(OCC1c2ccccc2-c2ccccc21)N1CCc2cc(=O)[nH]nc2C1. The molecule has 140 valence electrons. The molecule has 0 spiro atoms. The van der Waals surface area contributed by atoms with Gasteiger partial charge < -0.3 is 9.64 Å². The fourth-order valence-electron chi connectivity index (χ4n) is 4.18. The second-order valence-electron chi connectivity index (χ2n) is 7.18. The van der Waals surface area contributed by atoms with E-state index < -0.39 is 0 Å². The van der Waals surface area contributed by atoms with Crippen LogP contribution in [0.1, 0.15) is 28.3 Å². The molecule has 28 heavy (non-hydrogen) atoms. The number of rotatable bonds is 2. The van der Waals surface area contributed by atoms with Gasteiger partial charge >= 0.3 is 6.09 Å². The molecule has 0 atom stereocenters. The molecular weight excluding hydrogens is 354 g/mol. The zero-order valence-corrected chi connectivity index (χ0v) is 15.2. The molecule has 2 aliphatic rings. The van der Waals surface area contributed by atoms with Crippen molar-refractivity contribution in [1.82, 2.24) is 15.1 Å². The van der Waals surface area contributed by atoms with Crippen LogP contribution in [0.15, 0.2) is 59.4 Å². The van der Waals surface area contributed by atoms with E-state index in [1.165, 1.54) is 22.3 Å². The normalized spacial score (nSPS) is 14.9. The van der Waals surface area contributed by atoms with Gasteiger partial charge in [-0.15, -0.1) is 0 Å². The van der Waals surface area contributed by atoms with E-state index in [1.54, 1.807) is 11.0 Å². The van der Waals surface area contributed by atoms with Gasteiger partial charge in [-0.3, -0.25) is 4.79 Å². The first-order valence-electron chi connectivity index (χ1n) is 9.38. The average molecular weight is 373 g/mol. The third-order valence-electron chi connectivity index (χ3n) is 5.56. The van der Waals surface area contributed by atoms with Gasteiger partial charge in [0.2, 0.25) is 0 Å². The average Bonchev–Trinajstić information content (AvgIpc) is 3.05.